The number of nitrogens with two attached hydrogens (primary N) is 1. The summed E-state index contributed by atoms with van der Waals surface area (Å²) in [5, 5.41) is 5.01. The largest absolute Gasteiger partial charge is 0.368 e. The number of anilines is 1. The molecule has 0 amide bonds. The average Bonchev–Trinajstić information content (AvgIpc) is 2.60. The van der Waals surface area contributed by atoms with Gasteiger partial charge in [0.1, 0.15) is 0 Å². The van der Waals surface area contributed by atoms with E-state index in [-0.39, 0.29) is 0 Å². The third-order valence-corrected chi connectivity index (χ3v) is 2.52. The van der Waals surface area contributed by atoms with Crippen LogP contribution in [-0.2, 0) is 13.0 Å². The lowest BCUT2D eigenvalue weighted by Crippen LogP contribution is -2.06. The molecule has 2 aromatic rings. The van der Waals surface area contributed by atoms with Crippen LogP contribution in [0.1, 0.15) is 18.3 Å². The van der Waals surface area contributed by atoms with Crippen LogP contribution in [0.2, 0.25) is 5.02 Å². The predicted molar refractivity (Wildman–Crippen MR) is 64.4 cm³/mol. The van der Waals surface area contributed by atoms with Gasteiger partial charge in [0.15, 0.2) is 5.82 Å². The predicted octanol–water partition coefficient (Wildman–Crippen LogP) is 2.12. The number of rotatable bonds is 3. The molecule has 1 aromatic heterocycles. The Morgan fingerprint density at radius 1 is 1.44 bits per heavy atom. The molecule has 0 aliphatic heterocycles. The number of nitrogen functional groups attached to an aromatic ring is 1. The van der Waals surface area contributed by atoms with Gasteiger partial charge in [-0.15, -0.1) is 0 Å². The summed E-state index contributed by atoms with van der Waals surface area (Å²) in [4.78, 5) is 4.14. The number of aryl methyl sites for hydroxylation is 1. The summed E-state index contributed by atoms with van der Waals surface area (Å²) in [5.74, 6) is 1.20. The molecule has 2 N–H and O–H groups in total. The van der Waals surface area contributed by atoms with Gasteiger partial charge in [-0.3, -0.25) is 0 Å². The van der Waals surface area contributed by atoms with Gasteiger partial charge in [-0.2, -0.15) is 10.1 Å². The summed E-state index contributed by atoms with van der Waals surface area (Å²) in [5.41, 5.74) is 6.82. The zero-order valence-electron chi connectivity index (χ0n) is 9.02. The van der Waals surface area contributed by atoms with Gasteiger partial charge >= 0.3 is 0 Å². The van der Waals surface area contributed by atoms with E-state index in [1.165, 1.54) is 0 Å². The third-order valence-electron chi connectivity index (χ3n) is 2.28. The highest BCUT2D eigenvalue weighted by molar-refractivity contribution is 6.30. The van der Waals surface area contributed by atoms with Gasteiger partial charge in [-0.05, 0) is 17.7 Å². The fraction of sp³-hybridized carbons (Fsp3) is 0.273. The first-order valence-electron chi connectivity index (χ1n) is 5.12. The first-order valence-corrected chi connectivity index (χ1v) is 5.50. The third kappa shape index (κ3) is 2.33. The number of nitrogens with zero attached hydrogens (tertiary/aromatic N) is 3. The number of hydrogen-bond acceptors (Lipinski definition) is 3. The van der Waals surface area contributed by atoms with Gasteiger partial charge in [0, 0.05) is 11.4 Å². The highest BCUT2D eigenvalue weighted by Crippen LogP contribution is 2.13. The Morgan fingerprint density at radius 2 is 2.25 bits per heavy atom. The number of hydrogen-bond donors (Lipinski definition) is 1. The minimum Gasteiger partial charge on any atom is -0.368 e. The standard InChI is InChI=1S/C11H13ClN4/c1-2-10-14-11(13)16(15-10)7-8-4-3-5-9(12)6-8/h3-6H,2,7H2,1H3,(H2,13,14,15). The second kappa shape index (κ2) is 4.53. The maximum Gasteiger partial charge on any atom is 0.219 e. The van der Waals surface area contributed by atoms with E-state index in [2.05, 4.69) is 10.1 Å². The molecule has 0 unspecified atom stereocenters. The van der Waals surface area contributed by atoms with Gasteiger partial charge in [-0.1, -0.05) is 30.7 Å². The van der Waals surface area contributed by atoms with Crippen molar-refractivity contribution >= 4 is 17.5 Å². The van der Waals surface area contributed by atoms with E-state index in [1.807, 2.05) is 31.2 Å². The van der Waals surface area contributed by atoms with Crippen LogP contribution >= 0.6 is 11.6 Å². The van der Waals surface area contributed by atoms with Crippen molar-refractivity contribution < 1.29 is 0 Å². The van der Waals surface area contributed by atoms with E-state index in [1.54, 1.807) is 4.68 Å². The van der Waals surface area contributed by atoms with E-state index >= 15 is 0 Å². The lowest BCUT2D eigenvalue weighted by atomic mass is 10.2. The number of aromatic nitrogens is 3. The Kier molecular flexibility index (Phi) is 3.10. The highest BCUT2D eigenvalue weighted by Gasteiger charge is 2.05. The van der Waals surface area contributed by atoms with Crippen molar-refractivity contribution in [1.29, 1.82) is 0 Å². The molecule has 0 bridgehead atoms. The smallest absolute Gasteiger partial charge is 0.219 e. The Bertz CT molecular complexity index is 492. The van der Waals surface area contributed by atoms with Crippen molar-refractivity contribution in [3.05, 3.63) is 40.7 Å². The first kappa shape index (κ1) is 11.0. The summed E-state index contributed by atoms with van der Waals surface area (Å²) >= 11 is 5.91. The van der Waals surface area contributed by atoms with Gasteiger partial charge in [0.05, 0.1) is 6.54 Å². The van der Waals surface area contributed by atoms with Crippen molar-refractivity contribution in [3.8, 4) is 0 Å². The fourth-order valence-electron chi connectivity index (χ4n) is 1.48. The molecule has 0 spiro atoms. The van der Waals surface area contributed by atoms with Gasteiger partial charge in [0.25, 0.3) is 0 Å². The zero-order chi connectivity index (χ0) is 11.5. The number of benzene rings is 1. The maximum absolute atomic E-state index is 5.91. The average molecular weight is 237 g/mol. The van der Waals surface area contributed by atoms with Crippen LogP contribution < -0.4 is 5.73 Å². The molecule has 1 heterocycles. The Hall–Kier alpha value is -1.55. The van der Waals surface area contributed by atoms with E-state index in [0.29, 0.717) is 17.5 Å². The second-order valence-electron chi connectivity index (χ2n) is 3.53. The van der Waals surface area contributed by atoms with Crippen LogP contribution in [0.5, 0.6) is 0 Å². The Morgan fingerprint density at radius 3 is 2.88 bits per heavy atom. The molecular formula is C11H13ClN4. The van der Waals surface area contributed by atoms with E-state index in [9.17, 15) is 0 Å². The van der Waals surface area contributed by atoms with Crippen LogP contribution in [0.4, 0.5) is 5.95 Å². The minimum absolute atomic E-state index is 0.442. The normalized spacial score (nSPS) is 10.6. The van der Waals surface area contributed by atoms with E-state index in [4.69, 9.17) is 17.3 Å². The van der Waals surface area contributed by atoms with Crippen molar-refractivity contribution in [2.45, 2.75) is 19.9 Å². The lowest BCUT2D eigenvalue weighted by Gasteiger charge is -2.03. The molecular weight excluding hydrogens is 224 g/mol. The summed E-state index contributed by atoms with van der Waals surface area (Å²) in [7, 11) is 0. The van der Waals surface area contributed by atoms with Crippen LogP contribution in [0.3, 0.4) is 0 Å². The molecule has 0 aliphatic carbocycles. The molecule has 84 valence electrons. The van der Waals surface area contributed by atoms with Crippen molar-refractivity contribution in [2.24, 2.45) is 0 Å². The molecule has 5 heteroatoms. The molecule has 16 heavy (non-hydrogen) atoms. The topological polar surface area (TPSA) is 56.7 Å². The molecule has 0 saturated carbocycles. The molecule has 0 saturated heterocycles. The first-order chi connectivity index (χ1) is 7.69. The molecule has 4 nitrogen and oxygen atoms in total. The Balaban J connectivity index is 2.23. The molecule has 2 rings (SSSR count). The lowest BCUT2D eigenvalue weighted by molar-refractivity contribution is 0.683. The molecule has 0 fully saturated rings. The van der Waals surface area contributed by atoms with E-state index < -0.39 is 0 Å². The van der Waals surface area contributed by atoms with Crippen LogP contribution in [0.15, 0.2) is 24.3 Å². The molecule has 0 aliphatic rings. The molecule has 0 atom stereocenters. The van der Waals surface area contributed by atoms with Gasteiger partial charge in [-0.25, -0.2) is 4.68 Å². The highest BCUT2D eigenvalue weighted by atomic mass is 35.5. The van der Waals surface area contributed by atoms with Crippen LogP contribution in [-0.4, -0.2) is 14.8 Å². The monoisotopic (exact) mass is 236 g/mol. The SMILES string of the molecule is CCc1nc(N)n(Cc2cccc(Cl)c2)n1. The zero-order valence-corrected chi connectivity index (χ0v) is 9.78. The molecule has 1 aromatic carbocycles. The second-order valence-corrected chi connectivity index (χ2v) is 3.96. The van der Waals surface area contributed by atoms with Gasteiger partial charge < -0.3 is 5.73 Å². The summed E-state index contributed by atoms with van der Waals surface area (Å²) < 4.78 is 1.69. The molecule has 0 radical (unpaired) electrons. The van der Waals surface area contributed by atoms with Crippen molar-refractivity contribution in [3.63, 3.8) is 0 Å². The maximum atomic E-state index is 5.91. The van der Waals surface area contributed by atoms with E-state index in [0.717, 1.165) is 17.8 Å². The van der Waals surface area contributed by atoms with Crippen LogP contribution in [0.25, 0.3) is 0 Å². The minimum atomic E-state index is 0.442. The Labute approximate surface area is 99.1 Å². The van der Waals surface area contributed by atoms with Gasteiger partial charge in [0.2, 0.25) is 5.95 Å². The summed E-state index contributed by atoms with van der Waals surface area (Å²) in [6.07, 6.45) is 0.784. The summed E-state index contributed by atoms with van der Waals surface area (Å²) in [6.45, 7) is 2.60. The fourth-order valence-corrected chi connectivity index (χ4v) is 1.69. The number of halogens is 1. The summed E-state index contributed by atoms with van der Waals surface area (Å²) in [6, 6.07) is 7.63. The van der Waals surface area contributed by atoms with Crippen LogP contribution in [0, 0.1) is 0 Å². The quantitative estimate of drug-likeness (QED) is 0.888. The van der Waals surface area contributed by atoms with Crippen molar-refractivity contribution in [1.82, 2.24) is 14.8 Å². The van der Waals surface area contributed by atoms with Crippen molar-refractivity contribution in [2.75, 3.05) is 5.73 Å².